The smallest absolute Gasteiger partial charge is 0.412 e. The van der Waals surface area contributed by atoms with Crippen LogP contribution in [-0.2, 0) is 4.74 Å². The van der Waals surface area contributed by atoms with E-state index in [1.165, 1.54) is 0 Å². The first-order valence-corrected chi connectivity index (χ1v) is 3.69. The van der Waals surface area contributed by atoms with Gasteiger partial charge in [-0.15, -0.1) is 0 Å². The molecule has 0 saturated heterocycles. The summed E-state index contributed by atoms with van der Waals surface area (Å²) in [6, 6.07) is 3.14. The lowest BCUT2D eigenvalue weighted by Crippen LogP contribution is -2.12. The van der Waals surface area contributed by atoms with Crippen LogP contribution in [0.3, 0.4) is 0 Å². The Morgan fingerprint density at radius 1 is 1.83 bits per heavy atom. The number of amides is 1. The van der Waals surface area contributed by atoms with E-state index in [9.17, 15) is 4.79 Å². The van der Waals surface area contributed by atoms with Gasteiger partial charge in [0.15, 0.2) is 6.07 Å². The van der Waals surface area contributed by atoms with Crippen molar-refractivity contribution in [2.45, 2.75) is 0 Å². The number of carbonyl (C=O) groups excluding carboxylic acids is 1. The van der Waals surface area contributed by atoms with E-state index in [2.05, 4.69) is 21.2 Å². The summed E-state index contributed by atoms with van der Waals surface area (Å²) in [6.07, 6.45) is 3.49. The molecule has 1 amide bonds. The average molecular weight is 186 g/mol. The van der Waals surface area contributed by atoms with Gasteiger partial charge in [-0.3, -0.25) is 10.3 Å². The van der Waals surface area contributed by atoms with Gasteiger partial charge in [-0.05, 0) is 12.1 Å². The Morgan fingerprint density at radius 3 is 3.25 bits per heavy atom. The van der Waals surface area contributed by atoms with Gasteiger partial charge in [-0.25, -0.2) is 4.79 Å². The molecule has 0 aliphatic rings. The number of halogens is 1. The van der Waals surface area contributed by atoms with Gasteiger partial charge >= 0.3 is 6.09 Å². The van der Waals surface area contributed by atoms with E-state index >= 15 is 0 Å². The lowest BCUT2D eigenvalue weighted by atomic mass is 10.4. The lowest BCUT2D eigenvalue weighted by Gasteiger charge is -2.01. The van der Waals surface area contributed by atoms with Gasteiger partial charge in [-0.2, -0.15) is 0 Å². The van der Waals surface area contributed by atoms with Crippen LogP contribution in [0.15, 0.2) is 18.3 Å². The van der Waals surface area contributed by atoms with Gasteiger partial charge in [0.1, 0.15) is 6.20 Å². The summed E-state index contributed by atoms with van der Waals surface area (Å²) in [5.74, 6) is 0. The second kappa shape index (κ2) is 4.56. The Bertz CT molecular complexity index is 253. The topological polar surface area (TPSA) is 51.2 Å². The molecule has 0 atom stereocenters. The molecule has 63 valence electrons. The van der Waals surface area contributed by atoms with Gasteiger partial charge in [0, 0.05) is 6.20 Å². The predicted molar refractivity (Wildman–Crippen MR) is 43.9 cm³/mol. The van der Waals surface area contributed by atoms with E-state index in [1.54, 1.807) is 18.3 Å². The highest BCUT2D eigenvalue weighted by molar-refractivity contribution is 6.17. The predicted octanol–water partition coefficient (Wildman–Crippen LogP) is 1.63. The third-order valence-electron chi connectivity index (χ3n) is 1.03. The molecule has 4 nitrogen and oxygen atoms in total. The number of anilines is 1. The molecule has 5 heteroatoms. The molecule has 0 saturated carbocycles. The molecule has 1 N–H and O–H groups in total. The number of hydrogen-bond acceptors (Lipinski definition) is 3. The molecule has 0 aliphatic heterocycles. The SMILES string of the molecule is O=C(Nc1[c]nccc1)OCCl. The number of nitrogens with zero attached hydrogens (tertiary/aromatic N) is 1. The summed E-state index contributed by atoms with van der Waals surface area (Å²) in [5, 5.41) is 2.38. The fourth-order valence-electron chi connectivity index (χ4n) is 0.592. The maximum atomic E-state index is 10.7. The third kappa shape index (κ3) is 2.75. The number of rotatable bonds is 2. The monoisotopic (exact) mass is 185 g/mol. The normalized spacial score (nSPS) is 9.08. The number of alkyl halides is 1. The molecular weight excluding hydrogens is 180 g/mol. The third-order valence-corrected chi connectivity index (χ3v) is 1.14. The van der Waals surface area contributed by atoms with Gasteiger partial charge in [0.25, 0.3) is 0 Å². The van der Waals surface area contributed by atoms with Crippen LogP contribution in [0.5, 0.6) is 0 Å². The molecule has 1 radical (unpaired) electrons. The van der Waals surface area contributed by atoms with Crippen LogP contribution in [0, 0.1) is 6.20 Å². The summed E-state index contributed by atoms with van der Waals surface area (Å²) >= 11 is 5.15. The van der Waals surface area contributed by atoms with Crippen LogP contribution >= 0.6 is 11.6 Å². The standard InChI is InChI=1S/C7H6ClN2O2/c8-5-12-7(11)10-6-2-1-3-9-4-6/h1-3H,5H2,(H,10,11). The van der Waals surface area contributed by atoms with E-state index in [4.69, 9.17) is 11.6 Å². The zero-order chi connectivity index (χ0) is 8.81. The van der Waals surface area contributed by atoms with E-state index in [0.29, 0.717) is 5.69 Å². The van der Waals surface area contributed by atoms with Crippen LogP contribution in [0.1, 0.15) is 0 Å². The van der Waals surface area contributed by atoms with Crippen molar-refractivity contribution in [2.24, 2.45) is 0 Å². The summed E-state index contributed by atoms with van der Waals surface area (Å²) in [5.41, 5.74) is 0.451. The van der Waals surface area contributed by atoms with E-state index in [-0.39, 0.29) is 6.07 Å². The number of nitrogens with one attached hydrogen (secondary N) is 1. The van der Waals surface area contributed by atoms with E-state index in [0.717, 1.165) is 0 Å². The molecule has 1 rings (SSSR count). The van der Waals surface area contributed by atoms with Crippen molar-refractivity contribution in [3.05, 3.63) is 24.5 Å². The summed E-state index contributed by atoms with van der Waals surface area (Å²) < 4.78 is 4.41. The highest BCUT2D eigenvalue weighted by atomic mass is 35.5. The first-order valence-electron chi connectivity index (χ1n) is 3.15. The molecule has 1 aromatic heterocycles. The van der Waals surface area contributed by atoms with Crippen molar-refractivity contribution >= 4 is 23.4 Å². The number of aromatic nitrogens is 1. The minimum atomic E-state index is -0.616. The van der Waals surface area contributed by atoms with E-state index < -0.39 is 6.09 Å². The molecule has 1 heterocycles. The van der Waals surface area contributed by atoms with Crippen molar-refractivity contribution in [1.82, 2.24) is 4.98 Å². The van der Waals surface area contributed by atoms with Gasteiger partial charge in [0.05, 0.1) is 5.69 Å². The zero-order valence-corrected chi connectivity index (χ0v) is 6.84. The van der Waals surface area contributed by atoms with Crippen molar-refractivity contribution in [3.63, 3.8) is 0 Å². The molecule has 12 heavy (non-hydrogen) atoms. The van der Waals surface area contributed by atoms with Crippen LogP contribution in [0.2, 0.25) is 0 Å². The Hall–Kier alpha value is -1.29. The fraction of sp³-hybridized carbons (Fsp3) is 0.143. The Labute approximate surface area is 74.5 Å². The summed E-state index contributed by atoms with van der Waals surface area (Å²) in [4.78, 5) is 14.4. The highest BCUT2D eigenvalue weighted by Crippen LogP contribution is 2.01. The highest BCUT2D eigenvalue weighted by Gasteiger charge is 2.00. The first kappa shape index (κ1) is 8.80. The lowest BCUT2D eigenvalue weighted by molar-refractivity contribution is 0.180. The number of carbonyl (C=O) groups is 1. The molecule has 1 aromatic rings. The number of pyridine rings is 1. The molecule has 0 spiro atoms. The minimum absolute atomic E-state index is 0.175. The average Bonchev–Trinajstić information content (AvgIpc) is 2.06. The molecule has 0 aliphatic carbocycles. The molecule has 0 aromatic carbocycles. The molecule has 0 unspecified atom stereocenters. The zero-order valence-electron chi connectivity index (χ0n) is 6.08. The maximum Gasteiger partial charge on any atom is 0.412 e. The minimum Gasteiger partial charge on any atom is -0.433 e. The molecule has 0 fully saturated rings. The molecule has 0 bridgehead atoms. The summed E-state index contributed by atoms with van der Waals surface area (Å²) in [6.45, 7) is 0. The van der Waals surface area contributed by atoms with Crippen molar-refractivity contribution in [2.75, 3.05) is 11.4 Å². The van der Waals surface area contributed by atoms with Crippen molar-refractivity contribution in [1.29, 1.82) is 0 Å². The van der Waals surface area contributed by atoms with Gasteiger partial charge in [0.2, 0.25) is 0 Å². The van der Waals surface area contributed by atoms with Gasteiger partial charge < -0.3 is 4.74 Å². The largest absolute Gasteiger partial charge is 0.433 e. The van der Waals surface area contributed by atoms with Crippen LogP contribution in [0.25, 0.3) is 0 Å². The Balaban J connectivity index is 2.47. The first-order chi connectivity index (χ1) is 5.83. The van der Waals surface area contributed by atoms with Crippen LogP contribution in [-0.4, -0.2) is 17.1 Å². The van der Waals surface area contributed by atoms with Crippen molar-refractivity contribution in [3.8, 4) is 0 Å². The Kier molecular flexibility index (Phi) is 3.35. The molecular formula is C7H6ClN2O2. The summed E-state index contributed by atoms with van der Waals surface area (Å²) in [7, 11) is 0. The van der Waals surface area contributed by atoms with E-state index in [1.807, 2.05) is 0 Å². The van der Waals surface area contributed by atoms with Crippen molar-refractivity contribution < 1.29 is 9.53 Å². The second-order valence-corrected chi connectivity index (χ2v) is 2.05. The fourth-order valence-corrected chi connectivity index (χ4v) is 0.691. The van der Waals surface area contributed by atoms with Crippen LogP contribution < -0.4 is 5.32 Å². The second-order valence-electron chi connectivity index (χ2n) is 1.83. The maximum absolute atomic E-state index is 10.7. The quantitative estimate of drug-likeness (QED) is 0.713. The van der Waals surface area contributed by atoms with Crippen LogP contribution in [0.4, 0.5) is 10.5 Å². The number of ether oxygens (including phenoxy) is 1. The van der Waals surface area contributed by atoms with Gasteiger partial charge in [-0.1, -0.05) is 11.6 Å². The number of hydrogen-bond donors (Lipinski definition) is 1. The Morgan fingerprint density at radius 2 is 2.67 bits per heavy atom.